The molecule has 0 aliphatic rings. The molecule has 0 radical (unpaired) electrons. The molecule has 0 aromatic heterocycles. The molecule has 2 aromatic rings. The fourth-order valence-corrected chi connectivity index (χ4v) is 2.97. The normalized spacial score (nSPS) is 13.9. The number of benzene rings is 2. The van der Waals surface area contributed by atoms with E-state index in [2.05, 4.69) is 26.1 Å². The highest BCUT2D eigenvalue weighted by Gasteiger charge is 2.31. The predicted octanol–water partition coefficient (Wildman–Crippen LogP) is 3.94. The third kappa shape index (κ3) is 6.55. The Morgan fingerprint density at radius 3 is 1.94 bits per heavy atom. The summed E-state index contributed by atoms with van der Waals surface area (Å²) in [6.07, 6.45) is -6.13. The summed E-state index contributed by atoms with van der Waals surface area (Å²) in [6, 6.07) is 10.1. The Hall–Kier alpha value is -2.87. The molecule has 168 valence electrons. The van der Waals surface area contributed by atoms with Gasteiger partial charge in [-0.1, -0.05) is 57.2 Å². The summed E-state index contributed by atoms with van der Waals surface area (Å²) in [6.45, 7) is 6.21. The number of carbonyl (C=O) groups is 2. The molecule has 0 bridgehead atoms. The molecule has 8 heteroatoms. The number of hydrogen-bond acceptors (Lipinski definition) is 4. The molecule has 2 atom stereocenters. The van der Waals surface area contributed by atoms with Gasteiger partial charge in [-0.05, 0) is 34.2 Å². The second-order valence-electron chi connectivity index (χ2n) is 8.26. The standard InChI is InChI=1S/C23H26F3NO4/c1-22(2,3)16-9-5-14(6-10-16)13-18(21(30)31-4)27-20(29)19(28)15-7-11-17(12-8-15)23(24,25)26/h5-12,18-19,28H,13H2,1-4H3,(H,27,29)/t18-,19-/m1/s1. The second kappa shape index (κ2) is 9.51. The Bertz CT molecular complexity index is 900. The van der Waals surface area contributed by atoms with Gasteiger partial charge >= 0.3 is 12.1 Å². The number of halogens is 3. The summed E-state index contributed by atoms with van der Waals surface area (Å²) in [4.78, 5) is 24.6. The van der Waals surface area contributed by atoms with E-state index in [1.807, 2.05) is 24.3 Å². The quantitative estimate of drug-likeness (QED) is 0.672. The van der Waals surface area contributed by atoms with Crippen LogP contribution in [-0.2, 0) is 32.3 Å². The molecule has 0 fully saturated rings. The van der Waals surface area contributed by atoms with Crippen molar-refractivity contribution in [3.8, 4) is 0 Å². The Kier molecular flexibility index (Phi) is 7.49. The molecular weight excluding hydrogens is 411 g/mol. The van der Waals surface area contributed by atoms with Crippen LogP contribution in [0.5, 0.6) is 0 Å². The first-order valence-electron chi connectivity index (χ1n) is 9.66. The molecule has 31 heavy (non-hydrogen) atoms. The van der Waals surface area contributed by atoms with E-state index in [4.69, 9.17) is 4.74 Å². The smallest absolute Gasteiger partial charge is 0.416 e. The number of alkyl halides is 3. The molecule has 2 rings (SSSR count). The van der Waals surface area contributed by atoms with E-state index in [1.54, 1.807) is 0 Å². The van der Waals surface area contributed by atoms with Crippen molar-refractivity contribution >= 4 is 11.9 Å². The summed E-state index contributed by atoms with van der Waals surface area (Å²) in [5, 5.41) is 12.7. The lowest BCUT2D eigenvalue weighted by molar-refractivity contribution is -0.146. The van der Waals surface area contributed by atoms with Crippen LogP contribution < -0.4 is 5.32 Å². The average Bonchev–Trinajstić information content (AvgIpc) is 2.71. The van der Waals surface area contributed by atoms with Crippen LogP contribution in [0.3, 0.4) is 0 Å². The highest BCUT2D eigenvalue weighted by Crippen LogP contribution is 2.30. The van der Waals surface area contributed by atoms with Crippen molar-refractivity contribution in [1.82, 2.24) is 5.32 Å². The van der Waals surface area contributed by atoms with Crippen molar-refractivity contribution < 1.29 is 32.6 Å². The SMILES string of the molecule is COC(=O)[C@@H](Cc1ccc(C(C)(C)C)cc1)NC(=O)[C@H](O)c1ccc(C(F)(F)F)cc1. The maximum absolute atomic E-state index is 12.7. The number of methoxy groups -OCH3 is 1. The molecule has 0 saturated heterocycles. The Morgan fingerprint density at radius 1 is 0.968 bits per heavy atom. The number of amides is 1. The van der Waals surface area contributed by atoms with Crippen molar-refractivity contribution in [3.05, 3.63) is 70.8 Å². The summed E-state index contributed by atoms with van der Waals surface area (Å²) < 4.78 is 42.8. The van der Waals surface area contributed by atoms with Crippen molar-refractivity contribution in [1.29, 1.82) is 0 Å². The summed E-state index contributed by atoms with van der Waals surface area (Å²) in [5.41, 5.74) is 0.916. The van der Waals surface area contributed by atoms with Gasteiger partial charge in [0.2, 0.25) is 0 Å². The van der Waals surface area contributed by atoms with Crippen LogP contribution in [0.25, 0.3) is 0 Å². The highest BCUT2D eigenvalue weighted by molar-refractivity contribution is 5.87. The maximum atomic E-state index is 12.7. The minimum Gasteiger partial charge on any atom is -0.467 e. The van der Waals surface area contributed by atoms with Gasteiger partial charge in [-0.15, -0.1) is 0 Å². The van der Waals surface area contributed by atoms with Gasteiger partial charge in [0.05, 0.1) is 12.7 Å². The van der Waals surface area contributed by atoms with Crippen LogP contribution in [0.4, 0.5) is 13.2 Å². The number of carbonyl (C=O) groups excluding carboxylic acids is 2. The van der Waals surface area contributed by atoms with E-state index in [0.29, 0.717) is 0 Å². The van der Waals surface area contributed by atoms with E-state index < -0.39 is 35.8 Å². The first kappa shape index (κ1) is 24.4. The Balaban J connectivity index is 2.12. The topological polar surface area (TPSA) is 75.6 Å². The fraction of sp³-hybridized carbons (Fsp3) is 0.391. The Labute approximate surface area is 179 Å². The van der Waals surface area contributed by atoms with Crippen LogP contribution in [0, 0.1) is 0 Å². The van der Waals surface area contributed by atoms with Crippen molar-refractivity contribution in [2.24, 2.45) is 0 Å². The second-order valence-corrected chi connectivity index (χ2v) is 8.26. The number of rotatable bonds is 6. The molecule has 5 nitrogen and oxygen atoms in total. The monoisotopic (exact) mass is 437 g/mol. The molecule has 0 saturated carbocycles. The van der Waals surface area contributed by atoms with Gasteiger partial charge in [0.1, 0.15) is 6.04 Å². The van der Waals surface area contributed by atoms with Gasteiger partial charge < -0.3 is 15.2 Å². The number of esters is 1. The number of hydrogen-bond donors (Lipinski definition) is 2. The van der Waals surface area contributed by atoms with Gasteiger partial charge in [-0.25, -0.2) is 4.79 Å². The zero-order valence-corrected chi connectivity index (χ0v) is 17.8. The lowest BCUT2D eigenvalue weighted by Crippen LogP contribution is -2.45. The summed E-state index contributed by atoms with van der Waals surface area (Å²) in [5.74, 6) is -1.62. The molecule has 1 amide bonds. The van der Waals surface area contributed by atoms with Crippen LogP contribution in [0.2, 0.25) is 0 Å². The molecule has 0 aliphatic carbocycles. The fourth-order valence-electron chi connectivity index (χ4n) is 2.97. The lowest BCUT2D eigenvalue weighted by Gasteiger charge is -2.21. The van der Waals surface area contributed by atoms with Crippen molar-refractivity contribution in [3.63, 3.8) is 0 Å². The van der Waals surface area contributed by atoms with Crippen molar-refractivity contribution in [2.45, 2.75) is 50.9 Å². The van der Waals surface area contributed by atoms with E-state index in [9.17, 15) is 27.9 Å². The van der Waals surface area contributed by atoms with E-state index in [0.717, 1.165) is 35.4 Å². The Morgan fingerprint density at radius 2 is 1.48 bits per heavy atom. The van der Waals surface area contributed by atoms with Gasteiger partial charge in [0, 0.05) is 6.42 Å². The van der Waals surface area contributed by atoms with E-state index in [1.165, 1.54) is 7.11 Å². The van der Waals surface area contributed by atoms with Crippen LogP contribution in [0.1, 0.15) is 49.1 Å². The zero-order chi connectivity index (χ0) is 23.4. The van der Waals surface area contributed by atoms with Crippen LogP contribution in [-0.4, -0.2) is 30.1 Å². The molecule has 0 aliphatic heterocycles. The third-order valence-electron chi connectivity index (χ3n) is 4.86. The number of aliphatic hydroxyl groups excluding tert-OH is 1. The van der Waals surface area contributed by atoms with Crippen LogP contribution >= 0.6 is 0 Å². The third-order valence-corrected chi connectivity index (χ3v) is 4.86. The highest BCUT2D eigenvalue weighted by atomic mass is 19.4. The lowest BCUT2D eigenvalue weighted by atomic mass is 9.86. The summed E-state index contributed by atoms with van der Waals surface area (Å²) in [7, 11) is 1.18. The average molecular weight is 437 g/mol. The minimum absolute atomic E-state index is 0.0244. The zero-order valence-electron chi connectivity index (χ0n) is 17.8. The molecular formula is C23H26F3NO4. The minimum atomic E-state index is -4.52. The first-order valence-corrected chi connectivity index (χ1v) is 9.66. The van der Waals surface area contributed by atoms with E-state index in [-0.39, 0.29) is 17.4 Å². The molecule has 2 N–H and O–H groups in total. The largest absolute Gasteiger partial charge is 0.467 e. The van der Waals surface area contributed by atoms with Crippen LogP contribution in [0.15, 0.2) is 48.5 Å². The molecule has 0 spiro atoms. The van der Waals surface area contributed by atoms with Gasteiger partial charge in [0.15, 0.2) is 6.10 Å². The molecule has 2 aromatic carbocycles. The number of ether oxygens (including phenoxy) is 1. The van der Waals surface area contributed by atoms with Gasteiger partial charge in [-0.3, -0.25) is 4.79 Å². The summed E-state index contributed by atoms with van der Waals surface area (Å²) >= 11 is 0. The van der Waals surface area contributed by atoms with Gasteiger partial charge in [-0.2, -0.15) is 13.2 Å². The maximum Gasteiger partial charge on any atom is 0.416 e. The molecule has 0 unspecified atom stereocenters. The first-order chi connectivity index (χ1) is 14.3. The number of nitrogens with one attached hydrogen (secondary N) is 1. The van der Waals surface area contributed by atoms with E-state index >= 15 is 0 Å². The predicted molar refractivity (Wildman–Crippen MR) is 109 cm³/mol. The van der Waals surface area contributed by atoms with Crippen molar-refractivity contribution in [2.75, 3.05) is 7.11 Å². The van der Waals surface area contributed by atoms with Gasteiger partial charge in [0.25, 0.3) is 5.91 Å². The molecule has 0 heterocycles. The number of aliphatic hydroxyl groups is 1.